The maximum atomic E-state index is 10.8. The molecule has 0 saturated carbocycles. The summed E-state index contributed by atoms with van der Waals surface area (Å²) in [5.74, 6) is -0.966. The van der Waals surface area contributed by atoms with E-state index in [2.05, 4.69) is 19.2 Å². The molecule has 0 radical (unpaired) electrons. The van der Waals surface area contributed by atoms with E-state index in [1.54, 1.807) is 0 Å². The maximum absolute atomic E-state index is 10.8. The van der Waals surface area contributed by atoms with Gasteiger partial charge in [-0.25, -0.2) is 0 Å². The number of nitrogens with two attached hydrogens (primary N) is 1. The summed E-state index contributed by atoms with van der Waals surface area (Å²) in [5.41, 5.74) is 7.52. The second kappa shape index (κ2) is 10.8. The average molecular weight is 323 g/mol. The van der Waals surface area contributed by atoms with Crippen molar-refractivity contribution < 1.29 is 9.90 Å². The van der Waals surface area contributed by atoms with Crippen molar-refractivity contribution in [1.29, 1.82) is 0 Å². The van der Waals surface area contributed by atoms with Gasteiger partial charge in [0.2, 0.25) is 0 Å². The van der Waals surface area contributed by atoms with Crippen LogP contribution in [0.4, 0.5) is 5.69 Å². The van der Waals surface area contributed by atoms with Gasteiger partial charge in [0.15, 0.2) is 0 Å². The van der Waals surface area contributed by atoms with Crippen molar-refractivity contribution in [3.8, 4) is 0 Å². The van der Waals surface area contributed by atoms with Gasteiger partial charge in [0.25, 0.3) is 0 Å². The normalized spacial score (nSPS) is 12.6. The van der Waals surface area contributed by atoms with E-state index in [9.17, 15) is 4.79 Å². The Balaban J connectivity index is 0. The number of para-hydroxylation sites is 1. The number of nitrogens with one attached hydrogen (secondary N) is 1. The van der Waals surface area contributed by atoms with Crippen LogP contribution in [-0.4, -0.2) is 23.2 Å². The molecule has 0 aliphatic heterocycles. The van der Waals surface area contributed by atoms with E-state index in [4.69, 9.17) is 10.8 Å². The van der Waals surface area contributed by atoms with Crippen LogP contribution in [0.3, 0.4) is 0 Å². The molecule has 1 rings (SSSR count). The van der Waals surface area contributed by atoms with Crippen LogP contribution in [0.1, 0.15) is 32.3 Å². The number of benzene rings is 1. The van der Waals surface area contributed by atoms with Crippen molar-refractivity contribution >= 4 is 36.5 Å². The smallest absolute Gasteiger partial charge is 0.320 e. The number of anilines is 1. The summed E-state index contributed by atoms with van der Waals surface area (Å²) in [6.07, 6.45) is 2.54. The predicted molar refractivity (Wildman–Crippen MR) is 88.2 cm³/mol. The van der Waals surface area contributed by atoms with E-state index in [0.29, 0.717) is 12.5 Å². The molecule has 6 heteroatoms. The lowest BCUT2D eigenvalue weighted by Gasteiger charge is -2.18. The van der Waals surface area contributed by atoms with Crippen LogP contribution in [0, 0.1) is 0 Å². The molecular weight excluding hydrogens is 299 g/mol. The average Bonchev–Trinajstić information content (AvgIpc) is 2.31. The molecule has 2 unspecified atom stereocenters. The van der Waals surface area contributed by atoms with E-state index in [-0.39, 0.29) is 24.8 Å². The second-order valence-corrected chi connectivity index (χ2v) is 4.64. The lowest BCUT2D eigenvalue weighted by Crippen LogP contribution is -2.32. The molecular formula is C14H24Cl2N2O2. The molecule has 1 aromatic carbocycles. The Morgan fingerprint density at radius 1 is 1.35 bits per heavy atom. The summed E-state index contributed by atoms with van der Waals surface area (Å²) in [4.78, 5) is 10.8. The van der Waals surface area contributed by atoms with Crippen LogP contribution in [0.25, 0.3) is 0 Å². The van der Waals surface area contributed by atoms with E-state index in [0.717, 1.165) is 24.1 Å². The van der Waals surface area contributed by atoms with Crippen molar-refractivity contribution in [2.24, 2.45) is 5.73 Å². The Labute approximate surface area is 133 Å². The van der Waals surface area contributed by atoms with Gasteiger partial charge in [0.1, 0.15) is 6.04 Å². The Morgan fingerprint density at radius 3 is 2.50 bits per heavy atom. The van der Waals surface area contributed by atoms with Gasteiger partial charge in [-0.15, -0.1) is 24.8 Å². The Morgan fingerprint density at radius 2 is 1.95 bits per heavy atom. The number of halogens is 2. The fourth-order valence-electron chi connectivity index (χ4n) is 1.93. The third-order valence-corrected chi connectivity index (χ3v) is 2.90. The van der Waals surface area contributed by atoms with Gasteiger partial charge < -0.3 is 16.2 Å². The second-order valence-electron chi connectivity index (χ2n) is 4.64. The zero-order valence-electron chi connectivity index (χ0n) is 11.8. The SMILES string of the molecule is CCCC(C)Nc1ccccc1CC(N)C(=O)O.Cl.Cl. The maximum Gasteiger partial charge on any atom is 0.320 e. The van der Waals surface area contributed by atoms with Crippen LogP contribution in [0.15, 0.2) is 24.3 Å². The molecule has 0 bridgehead atoms. The number of carboxylic acids is 1. The van der Waals surface area contributed by atoms with Crippen molar-refractivity contribution in [3.05, 3.63) is 29.8 Å². The first-order chi connectivity index (χ1) is 8.54. The van der Waals surface area contributed by atoms with Crippen LogP contribution >= 0.6 is 24.8 Å². The zero-order chi connectivity index (χ0) is 13.5. The number of aliphatic carboxylic acids is 1. The topological polar surface area (TPSA) is 75.3 Å². The van der Waals surface area contributed by atoms with Gasteiger partial charge in [-0.3, -0.25) is 4.79 Å². The van der Waals surface area contributed by atoms with E-state index >= 15 is 0 Å². The Kier molecular flexibility index (Phi) is 11.5. The highest BCUT2D eigenvalue weighted by atomic mass is 35.5. The summed E-state index contributed by atoms with van der Waals surface area (Å²) < 4.78 is 0. The molecule has 0 spiro atoms. The fraction of sp³-hybridized carbons (Fsp3) is 0.500. The Bertz CT molecular complexity index is 403. The van der Waals surface area contributed by atoms with Gasteiger partial charge in [0, 0.05) is 18.2 Å². The first-order valence-electron chi connectivity index (χ1n) is 6.37. The van der Waals surface area contributed by atoms with E-state index < -0.39 is 12.0 Å². The van der Waals surface area contributed by atoms with Crippen molar-refractivity contribution in [3.63, 3.8) is 0 Å². The van der Waals surface area contributed by atoms with Crippen molar-refractivity contribution in [2.75, 3.05) is 5.32 Å². The highest BCUT2D eigenvalue weighted by Gasteiger charge is 2.14. The number of carbonyl (C=O) groups is 1. The molecule has 0 aliphatic carbocycles. The Hall–Kier alpha value is -0.970. The van der Waals surface area contributed by atoms with E-state index in [1.165, 1.54) is 0 Å². The van der Waals surface area contributed by atoms with Gasteiger partial charge in [-0.05, 0) is 25.0 Å². The minimum atomic E-state index is -0.966. The fourth-order valence-corrected chi connectivity index (χ4v) is 1.93. The molecule has 0 amide bonds. The van der Waals surface area contributed by atoms with E-state index in [1.807, 2.05) is 24.3 Å². The molecule has 0 aromatic heterocycles. The molecule has 20 heavy (non-hydrogen) atoms. The lowest BCUT2D eigenvalue weighted by atomic mass is 10.0. The van der Waals surface area contributed by atoms with Crippen molar-refractivity contribution in [2.45, 2.75) is 45.2 Å². The van der Waals surface area contributed by atoms with Gasteiger partial charge >= 0.3 is 5.97 Å². The number of rotatable bonds is 7. The standard InChI is InChI=1S/C14H22N2O2.2ClH/c1-3-6-10(2)16-13-8-5-4-7-11(13)9-12(15)14(17)18;;/h4-5,7-8,10,12,16H,3,6,9,15H2,1-2H3,(H,17,18);2*1H. The summed E-state index contributed by atoms with van der Waals surface area (Å²) in [7, 11) is 0. The molecule has 116 valence electrons. The lowest BCUT2D eigenvalue weighted by molar-refractivity contribution is -0.138. The molecule has 4 N–H and O–H groups in total. The number of carboxylic acid groups (broad SMARTS) is 1. The number of hydrogen-bond acceptors (Lipinski definition) is 3. The third kappa shape index (κ3) is 6.98. The largest absolute Gasteiger partial charge is 0.480 e. The molecule has 0 heterocycles. The minimum Gasteiger partial charge on any atom is -0.480 e. The highest BCUT2D eigenvalue weighted by Crippen LogP contribution is 2.18. The third-order valence-electron chi connectivity index (χ3n) is 2.90. The van der Waals surface area contributed by atoms with Crippen LogP contribution < -0.4 is 11.1 Å². The van der Waals surface area contributed by atoms with Crippen LogP contribution in [0.5, 0.6) is 0 Å². The molecule has 0 aliphatic rings. The monoisotopic (exact) mass is 322 g/mol. The molecule has 0 saturated heterocycles. The minimum absolute atomic E-state index is 0. The quantitative estimate of drug-likeness (QED) is 0.721. The molecule has 2 atom stereocenters. The molecule has 1 aromatic rings. The van der Waals surface area contributed by atoms with Gasteiger partial charge in [-0.1, -0.05) is 31.5 Å². The highest BCUT2D eigenvalue weighted by molar-refractivity contribution is 5.85. The summed E-state index contributed by atoms with van der Waals surface area (Å²) in [5, 5.41) is 12.3. The summed E-state index contributed by atoms with van der Waals surface area (Å²) >= 11 is 0. The summed E-state index contributed by atoms with van der Waals surface area (Å²) in [6.45, 7) is 4.27. The first kappa shape index (κ1) is 21.3. The molecule has 0 fully saturated rings. The molecule has 4 nitrogen and oxygen atoms in total. The zero-order valence-corrected chi connectivity index (χ0v) is 13.5. The first-order valence-corrected chi connectivity index (χ1v) is 6.37. The van der Waals surface area contributed by atoms with Crippen LogP contribution in [0.2, 0.25) is 0 Å². The van der Waals surface area contributed by atoms with Gasteiger partial charge in [-0.2, -0.15) is 0 Å². The van der Waals surface area contributed by atoms with Gasteiger partial charge in [0.05, 0.1) is 0 Å². The van der Waals surface area contributed by atoms with Crippen LogP contribution in [-0.2, 0) is 11.2 Å². The van der Waals surface area contributed by atoms with Crippen molar-refractivity contribution in [1.82, 2.24) is 0 Å². The summed E-state index contributed by atoms with van der Waals surface area (Å²) in [6, 6.07) is 7.25. The predicted octanol–water partition coefficient (Wildman–Crippen LogP) is 3.09. The number of hydrogen-bond donors (Lipinski definition) is 3.